The number of alkyl halides is 1. The number of halogens is 3. The highest BCUT2D eigenvalue weighted by atomic mass is 79.9. The van der Waals surface area contributed by atoms with Gasteiger partial charge in [0, 0.05) is 5.33 Å². The SMILES string of the molecule is Fc1cccc(CCCCBr)c1F. The predicted molar refractivity (Wildman–Crippen MR) is 53.1 cm³/mol. The Bertz CT molecular complexity index is 274. The number of aryl methyl sites for hydroxylation is 1. The molecule has 0 spiro atoms. The van der Waals surface area contributed by atoms with E-state index in [1.54, 1.807) is 12.1 Å². The fourth-order valence-corrected chi connectivity index (χ4v) is 1.55. The molecule has 3 heteroatoms. The molecule has 1 aromatic rings. The lowest BCUT2D eigenvalue weighted by Gasteiger charge is -2.02. The maximum Gasteiger partial charge on any atom is 0.162 e. The summed E-state index contributed by atoms with van der Waals surface area (Å²) in [6.07, 6.45) is 2.47. The molecular weight excluding hydrogens is 238 g/mol. The smallest absolute Gasteiger partial charge is 0.162 e. The largest absolute Gasteiger partial charge is 0.204 e. The Morgan fingerprint density at radius 1 is 1.15 bits per heavy atom. The molecule has 0 radical (unpaired) electrons. The van der Waals surface area contributed by atoms with E-state index >= 15 is 0 Å². The average Bonchev–Trinajstić information content (AvgIpc) is 2.13. The van der Waals surface area contributed by atoms with Crippen molar-refractivity contribution in [2.24, 2.45) is 0 Å². The van der Waals surface area contributed by atoms with Crippen LogP contribution in [0.1, 0.15) is 18.4 Å². The zero-order valence-electron chi connectivity index (χ0n) is 7.19. The van der Waals surface area contributed by atoms with Crippen LogP contribution in [0, 0.1) is 11.6 Å². The van der Waals surface area contributed by atoms with E-state index in [1.165, 1.54) is 0 Å². The summed E-state index contributed by atoms with van der Waals surface area (Å²) in [5.41, 5.74) is 0.473. The molecule has 0 heterocycles. The normalized spacial score (nSPS) is 10.4. The molecule has 0 aliphatic rings. The van der Waals surface area contributed by atoms with Crippen molar-refractivity contribution in [3.8, 4) is 0 Å². The van der Waals surface area contributed by atoms with Gasteiger partial charge in [-0.05, 0) is 30.9 Å². The van der Waals surface area contributed by atoms with Crippen LogP contribution in [0.2, 0.25) is 0 Å². The van der Waals surface area contributed by atoms with Crippen LogP contribution in [0.25, 0.3) is 0 Å². The van der Waals surface area contributed by atoms with E-state index in [2.05, 4.69) is 15.9 Å². The molecule has 0 nitrogen and oxygen atoms in total. The van der Waals surface area contributed by atoms with Crippen molar-refractivity contribution in [3.05, 3.63) is 35.4 Å². The average molecular weight is 249 g/mol. The maximum atomic E-state index is 13.0. The Labute approximate surface area is 85.1 Å². The van der Waals surface area contributed by atoms with E-state index in [1.807, 2.05) is 0 Å². The Kier molecular flexibility index (Phi) is 4.36. The van der Waals surface area contributed by atoms with Gasteiger partial charge in [0.25, 0.3) is 0 Å². The number of unbranched alkanes of at least 4 members (excludes halogenated alkanes) is 1. The standard InChI is InChI=1S/C10H11BrF2/c11-7-2-1-4-8-5-3-6-9(12)10(8)13/h3,5-6H,1-2,4,7H2. The second-order valence-corrected chi connectivity index (χ2v) is 3.65. The fourth-order valence-electron chi connectivity index (χ4n) is 1.15. The molecule has 0 aliphatic heterocycles. The van der Waals surface area contributed by atoms with Crippen LogP contribution in [0.4, 0.5) is 8.78 Å². The number of hydrogen-bond donors (Lipinski definition) is 0. The number of rotatable bonds is 4. The molecular formula is C10H11BrF2. The van der Waals surface area contributed by atoms with Crippen molar-refractivity contribution < 1.29 is 8.78 Å². The second-order valence-electron chi connectivity index (χ2n) is 2.86. The topological polar surface area (TPSA) is 0 Å². The lowest BCUT2D eigenvalue weighted by Crippen LogP contribution is -1.94. The van der Waals surface area contributed by atoms with Gasteiger partial charge in [0.1, 0.15) is 0 Å². The monoisotopic (exact) mass is 248 g/mol. The molecule has 0 bridgehead atoms. The van der Waals surface area contributed by atoms with E-state index in [-0.39, 0.29) is 0 Å². The molecule has 0 aliphatic carbocycles. The Morgan fingerprint density at radius 2 is 1.92 bits per heavy atom. The zero-order valence-corrected chi connectivity index (χ0v) is 8.78. The maximum absolute atomic E-state index is 13.0. The van der Waals surface area contributed by atoms with Crippen LogP contribution >= 0.6 is 15.9 Å². The van der Waals surface area contributed by atoms with Crippen molar-refractivity contribution in [2.45, 2.75) is 19.3 Å². The molecule has 0 unspecified atom stereocenters. The molecule has 0 amide bonds. The Hall–Kier alpha value is -0.440. The first-order chi connectivity index (χ1) is 6.25. The van der Waals surface area contributed by atoms with Crippen LogP contribution in [-0.2, 0) is 6.42 Å². The van der Waals surface area contributed by atoms with E-state index in [0.29, 0.717) is 12.0 Å². The Balaban J connectivity index is 2.61. The summed E-state index contributed by atoms with van der Waals surface area (Å²) in [6, 6.07) is 4.32. The third kappa shape index (κ3) is 3.07. The molecule has 0 saturated carbocycles. The molecule has 0 atom stereocenters. The zero-order chi connectivity index (χ0) is 9.68. The first kappa shape index (κ1) is 10.6. The van der Waals surface area contributed by atoms with Gasteiger partial charge in [-0.2, -0.15) is 0 Å². The highest BCUT2D eigenvalue weighted by molar-refractivity contribution is 9.09. The van der Waals surface area contributed by atoms with Gasteiger partial charge in [-0.15, -0.1) is 0 Å². The third-order valence-electron chi connectivity index (χ3n) is 1.86. The summed E-state index contributed by atoms with van der Waals surface area (Å²) in [5, 5.41) is 0.907. The van der Waals surface area contributed by atoms with Crippen LogP contribution in [0.5, 0.6) is 0 Å². The molecule has 1 aromatic carbocycles. The van der Waals surface area contributed by atoms with Crippen LogP contribution in [0.3, 0.4) is 0 Å². The minimum Gasteiger partial charge on any atom is -0.204 e. The number of benzene rings is 1. The Morgan fingerprint density at radius 3 is 2.62 bits per heavy atom. The van der Waals surface area contributed by atoms with Crippen molar-refractivity contribution in [3.63, 3.8) is 0 Å². The summed E-state index contributed by atoms with van der Waals surface area (Å²) in [7, 11) is 0. The first-order valence-corrected chi connectivity index (χ1v) is 5.36. The van der Waals surface area contributed by atoms with Crippen LogP contribution in [-0.4, -0.2) is 5.33 Å². The summed E-state index contributed by atoms with van der Waals surface area (Å²) in [5.74, 6) is -1.45. The molecule has 0 aromatic heterocycles. The summed E-state index contributed by atoms with van der Waals surface area (Å²) < 4.78 is 25.7. The number of hydrogen-bond acceptors (Lipinski definition) is 0. The van der Waals surface area contributed by atoms with Gasteiger partial charge < -0.3 is 0 Å². The van der Waals surface area contributed by atoms with Gasteiger partial charge in [0.05, 0.1) is 0 Å². The highest BCUT2D eigenvalue weighted by Gasteiger charge is 2.06. The van der Waals surface area contributed by atoms with Crippen molar-refractivity contribution in [1.82, 2.24) is 0 Å². The van der Waals surface area contributed by atoms with E-state index in [4.69, 9.17) is 0 Å². The second kappa shape index (κ2) is 5.32. The summed E-state index contributed by atoms with van der Waals surface area (Å²) in [4.78, 5) is 0. The highest BCUT2D eigenvalue weighted by Crippen LogP contribution is 2.13. The van der Waals surface area contributed by atoms with E-state index < -0.39 is 11.6 Å². The summed E-state index contributed by atoms with van der Waals surface area (Å²) >= 11 is 3.29. The minimum absolute atomic E-state index is 0.473. The van der Waals surface area contributed by atoms with Crippen molar-refractivity contribution in [2.75, 3.05) is 5.33 Å². The molecule has 0 N–H and O–H groups in total. The van der Waals surface area contributed by atoms with Crippen molar-refractivity contribution >= 4 is 15.9 Å². The minimum atomic E-state index is -0.753. The van der Waals surface area contributed by atoms with E-state index in [0.717, 1.165) is 24.2 Å². The van der Waals surface area contributed by atoms with Gasteiger partial charge in [0.15, 0.2) is 11.6 Å². The molecule has 0 fully saturated rings. The van der Waals surface area contributed by atoms with Crippen LogP contribution < -0.4 is 0 Å². The molecule has 1 rings (SSSR count). The molecule has 0 saturated heterocycles. The fraction of sp³-hybridized carbons (Fsp3) is 0.400. The molecule has 72 valence electrons. The van der Waals surface area contributed by atoms with Gasteiger partial charge in [-0.25, -0.2) is 8.78 Å². The lowest BCUT2D eigenvalue weighted by molar-refractivity contribution is 0.497. The predicted octanol–water partition coefficient (Wildman–Crippen LogP) is 3.68. The lowest BCUT2D eigenvalue weighted by atomic mass is 10.1. The molecule has 13 heavy (non-hydrogen) atoms. The van der Waals surface area contributed by atoms with Crippen molar-refractivity contribution in [1.29, 1.82) is 0 Å². The van der Waals surface area contributed by atoms with Gasteiger partial charge in [-0.3, -0.25) is 0 Å². The first-order valence-electron chi connectivity index (χ1n) is 4.24. The van der Waals surface area contributed by atoms with Gasteiger partial charge >= 0.3 is 0 Å². The third-order valence-corrected chi connectivity index (χ3v) is 2.42. The van der Waals surface area contributed by atoms with E-state index in [9.17, 15) is 8.78 Å². The summed E-state index contributed by atoms with van der Waals surface area (Å²) in [6.45, 7) is 0. The van der Waals surface area contributed by atoms with Crippen LogP contribution in [0.15, 0.2) is 18.2 Å². The quantitative estimate of drug-likeness (QED) is 0.564. The van der Waals surface area contributed by atoms with Gasteiger partial charge in [0.2, 0.25) is 0 Å². The van der Waals surface area contributed by atoms with Gasteiger partial charge in [-0.1, -0.05) is 28.1 Å².